The SMILES string of the molecule is CCOP(=O)(OCC)C(NC1CC(C)(C)N(C)C(C)(C)C1)c1cc(C(C)(C)C)c(O)c(C(C)(C)C)c1. The zero-order chi connectivity index (χ0) is 27.9. The topological polar surface area (TPSA) is 71.0 Å². The Balaban J connectivity index is 2.76. The molecule has 36 heavy (non-hydrogen) atoms. The predicted octanol–water partition coefficient (Wildman–Crippen LogP) is 7.49. The van der Waals surface area contributed by atoms with Crippen LogP contribution in [0, 0.1) is 0 Å². The van der Waals surface area contributed by atoms with E-state index in [2.05, 4.69) is 86.5 Å². The molecule has 1 aliphatic rings. The Hall–Kier alpha value is -0.910. The normalized spacial score (nSPS) is 20.5. The first-order valence-electron chi connectivity index (χ1n) is 13.5. The number of phenols is 1. The number of likely N-dealkylation sites (tertiary alicyclic amines) is 1. The van der Waals surface area contributed by atoms with Gasteiger partial charge in [0, 0.05) is 17.1 Å². The summed E-state index contributed by atoms with van der Waals surface area (Å²) in [6, 6.07) is 4.10. The number of hydrogen-bond acceptors (Lipinski definition) is 6. The van der Waals surface area contributed by atoms with Gasteiger partial charge in [-0.2, -0.15) is 0 Å². The number of aromatic hydroxyl groups is 1. The number of piperidine rings is 1. The van der Waals surface area contributed by atoms with Crippen molar-refractivity contribution in [3.63, 3.8) is 0 Å². The van der Waals surface area contributed by atoms with Crippen LogP contribution in [-0.2, 0) is 24.4 Å². The number of benzene rings is 1. The zero-order valence-electron chi connectivity index (χ0n) is 25.2. The van der Waals surface area contributed by atoms with Gasteiger partial charge in [0.15, 0.2) is 0 Å². The Morgan fingerprint density at radius 1 is 0.972 bits per heavy atom. The van der Waals surface area contributed by atoms with Gasteiger partial charge < -0.3 is 14.2 Å². The summed E-state index contributed by atoms with van der Waals surface area (Å²) in [5.41, 5.74) is 1.83. The van der Waals surface area contributed by atoms with Gasteiger partial charge in [-0.15, -0.1) is 0 Å². The average molecular weight is 525 g/mol. The highest BCUT2D eigenvalue weighted by molar-refractivity contribution is 7.54. The van der Waals surface area contributed by atoms with Gasteiger partial charge in [0.2, 0.25) is 0 Å². The minimum Gasteiger partial charge on any atom is -0.507 e. The van der Waals surface area contributed by atoms with Crippen molar-refractivity contribution in [3.05, 3.63) is 28.8 Å². The Bertz CT molecular complexity index is 896. The van der Waals surface area contributed by atoms with Gasteiger partial charge >= 0.3 is 7.60 Å². The molecule has 1 heterocycles. The second kappa shape index (κ2) is 10.7. The van der Waals surface area contributed by atoms with Gasteiger partial charge in [-0.05, 0) is 101 Å². The number of rotatable bonds is 8. The molecule has 0 aliphatic carbocycles. The van der Waals surface area contributed by atoms with Gasteiger partial charge in [0.25, 0.3) is 0 Å². The largest absolute Gasteiger partial charge is 0.507 e. The zero-order valence-corrected chi connectivity index (χ0v) is 26.1. The van der Waals surface area contributed by atoms with Crippen molar-refractivity contribution in [2.75, 3.05) is 20.3 Å². The molecule has 7 heteroatoms. The molecule has 2 N–H and O–H groups in total. The lowest BCUT2D eigenvalue weighted by atomic mass is 9.77. The van der Waals surface area contributed by atoms with Crippen LogP contribution in [0.3, 0.4) is 0 Å². The third kappa shape index (κ3) is 6.74. The van der Waals surface area contributed by atoms with Crippen LogP contribution in [0.4, 0.5) is 0 Å². The molecule has 208 valence electrons. The Labute approximate surface area is 221 Å². The molecule has 0 aromatic heterocycles. The first-order chi connectivity index (χ1) is 16.2. The summed E-state index contributed by atoms with van der Waals surface area (Å²) in [6.45, 7) is 25.9. The monoisotopic (exact) mass is 524 g/mol. The highest BCUT2D eigenvalue weighted by atomic mass is 31.2. The molecule has 6 nitrogen and oxygen atoms in total. The summed E-state index contributed by atoms with van der Waals surface area (Å²) in [4.78, 5) is 2.44. The lowest BCUT2D eigenvalue weighted by molar-refractivity contribution is -0.0193. The van der Waals surface area contributed by atoms with Gasteiger partial charge in [0.05, 0.1) is 13.2 Å². The molecule has 1 aliphatic heterocycles. The fourth-order valence-electron chi connectivity index (χ4n) is 5.59. The fraction of sp³-hybridized carbons (Fsp3) is 0.793. The summed E-state index contributed by atoms with van der Waals surface area (Å²) in [7, 11) is -1.40. The number of nitrogens with zero attached hydrogens (tertiary/aromatic N) is 1. The third-order valence-electron chi connectivity index (χ3n) is 7.70. The second-order valence-electron chi connectivity index (χ2n) is 13.7. The van der Waals surface area contributed by atoms with E-state index < -0.39 is 13.4 Å². The first kappa shape index (κ1) is 31.3. The third-order valence-corrected chi connectivity index (χ3v) is 10.0. The van der Waals surface area contributed by atoms with E-state index in [4.69, 9.17) is 9.05 Å². The van der Waals surface area contributed by atoms with E-state index >= 15 is 0 Å². The molecule has 0 bridgehead atoms. The van der Waals surface area contributed by atoms with Crippen molar-refractivity contribution in [1.82, 2.24) is 10.2 Å². The fourth-order valence-corrected chi connectivity index (χ4v) is 7.59. The maximum absolute atomic E-state index is 14.4. The van der Waals surface area contributed by atoms with Crippen LogP contribution in [0.15, 0.2) is 12.1 Å². The average Bonchev–Trinajstić information content (AvgIpc) is 2.68. The van der Waals surface area contributed by atoms with Crippen molar-refractivity contribution in [2.45, 2.75) is 130 Å². The van der Waals surface area contributed by atoms with Crippen molar-refractivity contribution in [3.8, 4) is 5.75 Å². The van der Waals surface area contributed by atoms with E-state index in [0.717, 1.165) is 29.5 Å². The van der Waals surface area contributed by atoms with Crippen molar-refractivity contribution in [2.24, 2.45) is 0 Å². The van der Waals surface area contributed by atoms with E-state index in [1.165, 1.54) is 0 Å². The molecule has 1 saturated heterocycles. The molecule has 1 aromatic rings. The molecule has 1 fully saturated rings. The second-order valence-corrected chi connectivity index (χ2v) is 15.8. The van der Waals surface area contributed by atoms with Crippen LogP contribution in [0.5, 0.6) is 5.75 Å². The van der Waals surface area contributed by atoms with E-state index in [9.17, 15) is 9.67 Å². The molecule has 1 aromatic carbocycles. The maximum Gasteiger partial charge on any atom is 0.351 e. The Morgan fingerprint density at radius 3 is 1.69 bits per heavy atom. The van der Waals surface area contributed by atoms with E-state index in [0.29, 0.717) is 5.75 Å². The van der Waals surface area contributed by atoms with Gasteiger partial charge in [-0.3, -0.25) is 14.8 Å². The smallest absolute Gasteiger partial charge is 0.351 e. The molecule has 1 unspecified atom stereocenters. The van der Waals surface area contributed by atoms with Crippen LogP contribution >= 0.6 is 7.60 Å². The molecule has 0 spiro atoms. The molecular formula is C29H53N2O4P. The molecule has 0 saturated carbocycles. The van der Waals surface area contributed by atoms with Gasteiger partial charge in [-0.25, -0.2) is 0 Å². The standard InChI is InChI=1S/C29H53N2O4P/c1-14-34-36(33,35-15-2)25(30-21-18-28(9,10)31(13)29(11,12)19-21)20-16-22(26(3,4)5)24(32)23(17-20)27(6,7)8/h16-17,21,25,30,32H,14-15,18-19H2,1-13H3. The molecule has 0 amide bonds. The summed E-state index contributed by atoms with van der Waals surface area (Å²) in [6.07, 6.45) is 1.80. The highest BCUT2D eigenvalue weighted by Crippen LogP contribution is 2.61. The molecule has 1 atom stereocenters. The summed E-state index contributed by atoms with van der Waals surface area (Å²) in [5.74, 6) is -0.345. The van der Waals surface area contributed by atoms with Crippen molar-refractivity contribution >= 4 is 7.60 Å². The number of phenolic OH excluding ortho intramolecular Hbond substituents is 1. The molecule has 2 rings (SSSR count). The van der Waals surface area contributed by atoms with Crippen LogP contribution in [0.1, 0.15) is 118 Å². The number of hydrogen-bond donors (Lipinski definition) is 2. The minimum absolute atomic E-state index is 0.0344. The summed E-state index contributed by atoms with van der Waals surface area (Å²) in [5, 5.41) is 15.1. The lowest BCUT2D eigenvalue weighted by Gasteiger charge is -2.54. The Kier molecular flexibility index (Phi) is 9.30. The van der Waals surface area contributed by atoms with E-state index in [1.807, 2.05) is 26.0 Å². The first-order valence-corrected chi connectivity index (χ1v) is 15.1. The molecular weight excluding hydrogens is 471 g/mol. The van der Waals surface area contributed by atoms with Crippen molar-refractivity contribution < 1.29 is 18.7 Å². The number of nitrogens with one attached hydrogen (secondary N) is 1. The van der Waals surface area contributed by atoms with Crippen LogP contribution < -0.4 is 5.32 Å². The predicted molar refractivity (Wildman–Crippen MR) is 151 cm³/mol. The van der Waals surface area contributed by atoms with Crippen LogP contribution in [0.2, 0.25) is 0 Å². The minimum atomic E-state index is -3.58. The Morgan fingerprint density at radius 2 is 1.36 bits per heavy atom. The van der Waals surface area contributed by atoms with E-state index in [-0.39, 0.29) is 41.2 Å². The van der Waals surface area contributed by atoms with Crippen LogP contribution in [0.25, 0.3) is 0 Å². The lowest BCUT2D eigenvalue weighted by Crippen LogP contribution is -2.62. The van der Waals surface area contributed by atoms with Gasteiger partial charge in [0.1, 0.15) is 11.5 Å². The summed E-state index contributed by atoms with van der Waals surface area (Å²) < 4.78 is 26.3. The maximum atomic E-state index is 14.4. The molecule has 0 radical (unpaired) electrons. The van der Waals surface area contributed by atoms with Gasteiger partial charge in [-0.1, -0.05) is 41.5 Å². The quantitative estimate of drug-likeness (QED) is 0.343. The highest BCUT2D eigenvalue weighted by Gasteiger charge is 2.46. The summed E-state index contributed by atoms with van der Waals surface area (Å²) >= 11 is 0. The van der Waals surface area contributed by atoms with E-state index in [1.54, 1.807) is 0 Å². The van der Waals surface area contributed by atoms with Crippen molar-refractivity contribution in [1.29, 1.82) is 0 Å². The van der Waals surface area contributed by atoms with Crippen LogP contribution in [-0.4, -0.2) is 47.4 Å².